The lowest BCUT2D eigenvalue weighted by Gasteiger charge is -2.25. The lowest BCUT2D eigenvalue weighted by atomic mass is 9.89. The van der Waals surface area contributed by atoms with Crippen LogP contribution in [0.2, 0.25) is 0 Å². The lowest BCUT2D eigenvalue weighted by molar-refractivity contribution is 0.308. The number of nitrogens with zero attached hydrogens (tertiary/aromatic N) is 1. The Morgan fingerprint density at radius 3 is 2.96 bits per heavy atom. The number of nitrogens with one attached hydrogen (secondary N) is 2. The maximum absolute atomic E-state index is 7.89. The molecular formula is C20H29N3O. The van der Waals surface area contributed by atoms with E-state index in [-0.39, 0.29) is 6.04 Å². The molecular weight excluding hydrogens is 298 g/mol. The number of methoxy groups -OCH3 is 1. The number of likely N-dealkylation sites (tertiary alicyclic amines) is 1. The van der Waals surface area contributed by atoms with E-state index in [1.165, 1.54) is 16.6 Å². The average Bonchev–Trinajstić information content (AvgIpc) is 3.27. The predicted octanol–water partition coefficient (Wildman–Crippen LogP) is 3.28. The molecule has 0 aliphatic carbocycles. The third kappa shape index (κ3) is 2.93. The van der Waals surface area contributed by atoms with Crippen LogP contribution in [0.3, 0.4) is 0 Å². The molecule has 0 radical (unpaired) electrons. The van der Waals surface area contributed by atoms with E-state index in [1.807, 2.05) is 6.07 Å². The number of piperidine rings is 1. The van der Waals surface area contributed by atoms with Crippen molar-refractivity contribution in [2.75, 3.05) is 33.7 Å². The summed E-state index contributed by atoms with van der Waals surface area (Å²) in [6.07, 6.45) is 4.91. The van der Waals surface area contributed by atoms with Gasteiger partial charge in [-0.2, -0.15) is 0 Å². The summed E-state index contributed by atoms with van der Waals surface area (Å²) in [7, 11) is 1.69. The number of ether oxygens (including phenoxy) is 1. The Hall–Kier alpha value is -1.52. The molecule has 2 aromatic rings. The number of aromatic amines is 1. The minimum atomic E-state index is -2.01. The smallest absolute Gasteiger partial charge is 0.119 e. The highest BCUT2D eigenvalue weighted by Gasteiger charge is 2.27. The summed E-state index contributed by atoms with van der Waals surface area (Å²) in [6, 6.07) is 6.24. The molecule has 2 fully saturated rings. The SMILES string of the molecule is [2H]C([2H])([2H])N1CCC[C@@H]1Cc1c(C2CCNCC2)[nH]c2ccc(OC)cc12. The number of benzene rings is 1. The molecule has 2 aliphatic heterocycles. The van der Waals surface area contributed by atoms with Crippen LogP contribution in [0.15, 0.2) is 18.2 Å². The second-order valence-electron chi connectivity index (χ2n) is 7.15. The van der Waals surface area contributed by atoms with Gasteiger partial charge in [0.25, 0.3) is 0 Å². The number of aromatic nitrogens is 1. The van der Waals surface area contributed by atoms with Crippen LogP contribution in [0.1, 0.15) is 47.0 Å². The van der Waals surface area contributed by atoms with Crippen LogP contribution in [0, 0.1) is 0 Å². The van der Waals surface area contributed by atoms with Gasteiger partial charge in [-0.15, -0.1) is 0 Å². The molecule has 2 aliphatic rings. The van der Waals surface area contributed by atoms with Gasteiger partial charge in [-0.3, -0.25) is 0 Å². The number of hydrogen-bond acceptors (Lipinski definition) is 3. The molecule has 1 atom stereocenters. The molecule has 2 saturated heterocycles. The molecule has 0 bridgehead atoms. The fraction of sp³-hybridized carbons (Fsp3) is 0.600. The summed E-state index contributed by atoms with van der Waals surface area (Å²) in [4.78, 5) is 5.39. The molecule has 4 rings (SSSR count). The third-order valence-corrected chi connectivity index (χ3v) is 5.71. The van der Waals surface area contributed by atoms with Crippen LogP contribution in [0.5, 0.6) is 5.75 Å². The second-order valence-corrected chi connectivity index (χ2v) is 7.15. The van der Waals surface area contributed by atoms with Crippen LogP contribution in [0.4, 0.5) is 0 Å². The summed E-state index contributed by atoms with van der Waals surface area (Å²) < 4.78 is 29.1. The van der Waals surface area contributed by atoms with E-state index >= 15 is 0 Å². The van der Waals surface area contributed by atoms with Gasteiger partial charge in [0.05, 0.1) is 7.11 Å². The number of fused-ring (bicyclic) bond motifs is 1. The lowest BCUT2D eigenvalue weighted by Crippen LogP contribution is -2.29. The topological polar surface area (TPSA) is 40.3 Å². The molecule has 24 heavy (non-hydrogen) atoms. The van der Waals surface area contributed by atoms with Gasteiger partial charge in [-0.1, -0.05) is 0 Å². The molecule has 4 nitrogen and oxygen atoms in total. The highest BCUT2D eigenvalue weighted by molar-refractivity contribution is 5.86. The van der Waals surface area contributed by atoms with Crippen molar-refractivity contribution in [3.8, 4) is 5.75 Å². The molecule has 0 saturated carbocycles. The maximum atomic E-state index is 7.89. The van der Waals surface area contributed by atoms with Crippen molar-refractivity contribution in [2.24, 2.45) is 0 Å². The van der Waals surface area contributed by atoms with E-state index in [4.69, 9.17) is 8.85 Å². The Labute approximate surface area is 148 Å². The monoisotopic (exact) mass is 330 g/mol. The highest BCUT2D eigenvalue weighted by Crippen LogP contribution is 2.36. The van der Waals surface area contributed by atoms with Gasteiger partial charge >= 0.3 is 0 Å². The first-order valence-electron chi connectivity index (χ1n) is 10.6. The van der Waals surface area contributed by atoms with E-state index in [2.05, 4.69) is 22.4 Å². The molecule has 2 N–H and O–H groups in total. The first-order chi connectivity index (χ1) is 13.0. The second kappa shape index (κ2) is 6.77. The van der Waals surface area contributed by atoms with Crippen molar-refractivity contribution in [2.45, 2.75) is 44.1 Å². The minimum Gasteiger partial charge on any atom is -0.497 e. The average molecular weight is 330 g/mol. The number of rotatable bonds is 4. The Bertz CT molecular complexity index is 796. The van der Waals surface area contributed by atoms with Crippen LogP contribution >= 0.6 is 0 Å². The Kier molecular flexibility index (Phi) is 3.61. The van der Waals surface area contributed by atoms with Gasteiger partial charge in [0.1, 0.15) is 5.75 Å². The van der Waals surface area contributed by atoms with Crippen molar-refractivity contribution in [1.82, 2.24) is 15.2 Å². The van der Waals surface area contributed by atoms with Gasteiger partial charge in [0.15, 0.2) is 0 Å². The molecule has 0 spiro atoms. The van der Waals surface area contributed by atoms with Gasteiger partial charge in [0, 0.05) is 32.7 Å². The maximum Gasteiger partial charge on any atom is 0.119 e. The third-order valence-electron chi connectivity index (χ3n) is 5.71. The van der Waals surface area contributed by atoms with Crippen molar-refractivity contribution in [3.63, 3.8) is 0 Å². The first kappa shape index (κ1) is 12.8. The summed E-state index contributed by atoms with van der Waals surface area (Å²) in [5.41, 5.74) is 3.71. The summed E-state index contributed by atoms with van der Waals surface area (Å²) in [6.45, 7) is 0.719. The van der Waals surface area contributed by atoms with Crippen LogP contribution in [-0.2, 0) is 6.42 Å². The number of hydrogen-bond donors (Lipinski definition) is 2. The van der Waals surface area contributed by atoms with Crippen molar-refractivity contribution in [1.29, 1.82) is 0 Å². The normalized spacial score (nSPS) is 25.5. The van der Waals surface area contributed by atoms with Gasteiger partial charge in [-0.05, 0) is 82.5 Å². The van der Waals surface area contributed by atoms with Crippen molar-refractivity contribution < 1.29 is 8.85 Å². The first-order valence-corrected chi connectivity index (χ1v) is 9.13. The Morgan fingerprint density at radius 2 is 2.17 bits per heavy atom. The number of likely N-dealkylation sites (N-methyl/N-ethyl adjacent to an activating group) is 1. The molecule has 130 valence electrons. The summed E-state index contributed by atoms with van der Waals surface area (Å²) in [5, 5.41) is 4.62. The molecule has 3 heterocycles. The van der Waals surface area contributed by atoms with Crippen LogP contribution < -0.4 is 10.1 Å². The molecule has 1 aromatic carbocycles. The van der Waals surface area contributed by atoms with Gasteiger partial charge in [0.2, 0.25) is 0 Å². The zero-order valence-electron chi connectivity index (χ0n) is 17.4. The zero-order chi connectivity index (χ0) is 19.0. The standard InChI is InChI=1S/C20H29N3O/c1-23-11-3-4-15(23)12-18-17-13-16(24-2)5-6-19(17)22-20(18)14-7-9-21-10-8-14/h5-6,13-15,21-22H,3-4,7-12H2,1-2H3/t15-/m1/s1/i1D3. The van der Waals surface area contributed by atoms with E-state index in [0.717, 1.165) is 56.5 Å². The quantitative estimate of drug-likeness (QED) is 0.904. The molecule has 0 unspecified atom stereocenters. The number of H-pyrrole nitrogens is 1. The van der Waals surface area contributed by atoms with Crippen molar-refractivity contribution in [3.05, 3.63) is 29.5 Å². The van der Waals surface area contributed by atoms with Gasteiger partial charge < -0.3 is 19.9 Å². The fourth-order valence-electron chi connectivity index (χ4n) is 4.34. The largest absolute Gasteiger partial charge is 0.497 e. The van der Waals surface area contributed by atoms with E-state index < -0.39 is 6.98 Å². The molecule has 4 heteroatoms. The summed E-state index contributed by atoms with van der Waals surface area (Å²) in [5.74, 6) is 1.35. The molecule has 1 aromatic heterocycles. The van der Waals surface area contributed by atoms with Crippen LogP contribution in [-0.4, -0.2) is 49.6 Å². The Morgan fingerprint density at radius 1 is 1.29 bits per heavy atom. The van der Waals surface area contributed by atoms with E-state index in [1.54, 1.807) is 12.0 Å². The summed E-state index contributed by atoms with van der Waals surface area (Å²) >= 11 is 0. The predicted molar refractivity (Wildman–Crippen MR) is 99.1 cm³/mol. The van der Waals surface area contributed by atoms with Gasteiger partial charge in [-0.25, -0.2) is 0 Å². The highest BCUT2D eigenvalue weighted by atomic mass is 16.5. The minimum absolute atomic E-state index is 0.0724. The van der Waals surface area contributed by atoms with E-state index in [9.17, 15) is 0 Å². The molecule has 0 amide bonds. The fourth-order valence-corrected chi connectivity index (χ4v) is 4.34. The Balaban J connectivity index is 1.74. The zero-order valence-corrected chi connectivity index (χ0v) is 14.4. The van der Waals surface area contributed by atoms with Crippen LogP contribution in [0.25, 0.3) is 10.9 Å². The van der Waals surface area contributed by atoms with Crippen molar-refractivity contribution >= 4 is 10.9 Å². The van der Waals surface area contributed by atoms with E-state index in [0.29, 0.717) is 12.5 Å².